The van der Waals surface area contributed by atoms with Crippen LogP contribution in [-0.4, -0.2) is 6.54 Å². The summed E-state index contributed by atoms with van der Waals surface area (Å²) in [6.45, 7) is 9.33. The summed E-state index contributed by atoms with van der Waals surface area (Å²) in [4.78, 5) is 3.32. The van der Waals surface area contributed by atoms with E-state index in [0.717, 1.165) is 6.42 Å². The van der Waals surface area contributed by atoms with Crippen molar-refractivity contribution in [3.8, 4) is 0 Å². The normalized spacial score (nSPS) is 9.09. The Morgan fingerprint density at radius 1 is 1.36 bits per heavy atom. The van der Waals surface area contributed by atoms with Gasteiger partial charge in [-0.3, -0.25) is 0 Å². The first-order chi connectivity index (χ1) is 5.34. The lowest BCUT2D eigenvalue weighted by Gasteiger charge is -1.99. The Labute approximate surface area is 67.5 Å². The molecule has 0 aliphatic carbocycles. The molecular weight excluding hydrogens is 134 g/mol. The predicted molar refractivity (Wildman–Crippen MR) is 46.4 cm³/mol. The van der Waals surface area contributed by atoms with E-state index in [4.69, 9.17) is 6.57 Å². The molecule has 1 nitrogen and oxygen atoms in total. The minimum absolute atomic E-state index is 0.602. The third-order valence-electron chi connectivity index (χ3n) is 1.75. The molecule has 1 aromatic rings. The first kappa shape index (κ1) is 7.81. The third kappa shape index (κ3) is 2.09. The fraction of sp³-hybridized carbons (Fsp3) is 0.300. The highest BCUT2D eigenvalue weighted by atomic mass is 14.6. The number of hydrogen-bond acceptors (Lipinski definition) is 0. The zero-order valence-corrected chi connectivity index (χ0v) is 6.67. The van der Waals surface area contributed by atoms with Crippen LogP contribution in [0.25, 0.3) is 4.85 Å². The van der Waals surface area contributed by atoms with Crippen molar-refractivity contribution in [3.63, 3.8) is 0 Å². The van der Waals surface area contributed by atoms with Gasteiger partial charge in [-0.2, -0.15) is 0 Å². The molecule has 0 bridgehead atoms. The van der Waals surface area contributed by atoms with Gasteiger partial charge in [-0.1, -0.05) is 24.3 Å². The Balaban J connectivity index is 2.71. The highest BCUT2D eigenvalue weighted by Gasteiger charge is 1.96. The lowest BCUT2D eigenvalue weighted by Crippen LogP contribution is -1.90. The van der Waals surface area contributed by atoms with Crippen molar-refractivity contribution in [2.75, 3.05) is 6.54 Å². The third-order valence-corrected chi connectivity index (χ3v) is 1.75. The van der Waals surface area contributed by atoms with Crippen LogP contribution in [0.5, 0.6) is 0 Å². The maximum Gasteiger partial charge on any atom is 0.218 e. The highest BCUT2D eigenvalue weighted by Crippen LogP contribution is 2.07. The molecule has 1 rings (SSSR count). The summed E-state index contributed by atoms with van der Waals surface area (Å²) in [5.74, 6) is 0. The summed E-state index contributed by atoms with van der Waals surface area (Å²) in [6, 6.07) is 8.21. The molecule has 0 radical (unpaired) electrons. The molecule has 0 aromatic heterocycles. The molecule has 11 heavy (non-hydrogen) atoms. The van der Waals surface area contributed by atoms with Crippen LogP contribution in [0.3, 0.4) is 0 Å². The van der Waals surface area contributed by atoms with E-state index in [0.29, 0.717) is 6.54 Å². The molecule has 0 atom stereocenters. The first-order valence-electron chi connectivity index (χ1n) is 3.72. The molecule has 0 heterocycles. The number of rotatable bonds is 2. The molecule has 0 unspecified atom stereocenters. The van der Waals surface area contributed by atoms with E-state index in [2.05, 4.69) is 23.9 Å². The Hall–Kier alpha value is -1.29. The van der Waals surface area contributed by atoms with E-state index in [1.54, 1.807) is 0 Å². The van der Waals surface area contributed by atoms with Crippen molar-refractivity contribution in [3.05, 3.63) is 46.8 Å². The SMILES string of the molecule is [C-]#[N+]CCc1ccccc1C. The second kappa shape index (κ2) is 3.78. The van der Waals surface area contributed by atoms with Crippen molar-refractivity contribution >= 4 is 0 Å². The van der Waals surface area contributed by atoms with Gasteiger partial charge in [0, 0.05) is 6.42 Å². The maximum absolute atomic E-state index is 6.65. The molecule has 0 saturated heterocycles. The number of nitrogens with zero attached hydrogens (tertiary/aromatic N) is 1. The van der Waals surface area contributed by atoms with Gasteiger partial charge in [0.2, 0.25) is 6.54 Å². The van der Waals surface area contributed by atoms with Crippen LogP contribution in [0.4, 0.5) is 0 Å². The largest absolute Gasteiger partial charge is 0.317 e. The lowest BCUT2D eigenvalue weighted by atomic mass is 10.1. The van der Waals surface area contributed by atoms with Crippen molar-refractivity contribution in [2.24, 2.45) is 0 Å². The second-order valence-electron chi connectivity index (χ2n) is 2.56. The Bertz CT molecular complexity index is 270. The number of benzene rings is 1. The fourth-order valence-electron chi connectivity index (χ4n) is 1.07. The van der Waals surface area contributed by atoms with Gasteiger partial charge >= 0.3 is 0 Å². The molecule has 0 aliphatic heterocycles. The molecule has 1 aromatic carbocycles. The molecule has 56 valence electrons. The standard InChI is InChI=1S/C10H11N/c1-9-5-3-4-6-10(9)7-8-11-2/h3-6H,7-8H2,1H3. The minimum Gasteiger partial charge on any atom is -0.317 e. The zero-order valence-electron chi connectivity index (χ0n) is 6.67. The van der Waals surface area contributed by atoms with E-state index in [9.17, 15) is 0 Å². The van der Waals surface area contributed by atoms with Crippen molar-refractivity contribution in [2.45, 2.75) is 13.3 Å². The van der Waals surface area contributed by atoms with E-state index < -0.39 is 0 Å². The number of hydrogen-bond donors (Lipinski definition) is 0. The van der Waals surface area contributed by atoms with Gasteiger partial charge in [0.05, 0.1) is 0 Å². The molecule has 0 fully saturated rings. The smallest absolute Gasteiger partial charge is 0.218 e. The Kier molecular flexibility index (Phi) is 2.68. The average molecular weight is 145 g/mol. The zero-order chi connectivity index (χ0) is 8.10. The molecule has 0 aliphatic rings. The van der Waals surface area contributed by atoms with Gasteiger partial charge in [-0.15, -0.1) is 0 Å². The Morgan fingerprint density at radius 3 is 2.73 bits per heavy atom. The van der Waals surface area contributed by atoms with Gasteiger partial charge in [0.25, 0.3) is 0 Å². The van der Waals surface area contributed by atoms with Crippen LogP contribution in [0.15, 0.2) is 24.3 Å². The monoisotopic (exact) mass is 145 g/mol. The van der Waals surface area contributed by atoms with Crippen LogP contribution in [0.2, 0.25) is 0 Å². The summed E-state index contributed by atoms with van der Waals surface area (Å²) in [5, 5.41) is 0. The highest BCUT2D eigenvalue weighted by molar-refractivity contribution is 5.25. The summed E-state index contributed by atoms with van der Waals surface area (Å²) < 4.78 is 0. The van der Waals surface area contributed by atoms with E-state index >= 15 is 0 Å². The van der Waals surface area contributed by atoms with E-state index in [1.807, 2.05) is 12.1 Å². The molecule has 0 amide bonds. The number of aryl methyl sites for hydroxylation is 1. The van der Waals surface area contributed by atoms with Crippen LogP contribution >= 0.6 is 0 Å². The van der Waals surface area contributed by atoms with Gasteiger partial charge in [0.1, 0.15) is 0 Å². The van der Waals surface area contributed by atoms with Crippen LogP contribution in [0.1, 0.15) is 11.1 Å². The predicted octanol–water partition coefficient (Wildman–Crippen LogP) is 2.46. The molecule has 0 N–H and O–H groups in total. The maximum atomic E-state index is 6.65. The molecule has 1 heteroatoms. The van der Waals surface area contributed by atoms with Crippen molar-refractivity contribution in [1.29, 1.82) is 0 Å². The van der Waals surface area contributed by atoms with Crippen LogP contribution in [0, 0.1) is 13.5 Å². The van der Waals surface area contributed by atoms with E-state index in [1.165, 1.54) is 11.1 Å². The average Bonchev–Trinajstić information content (AvgIpc) is 2.03. The lowest BCUT2D eigenvalue weighted by molar-refractivity contribution is 1.06. The fourth-order valence-corrected chi connectivity index (χ4v) is 1.07. The summed E-state index contributed by atoms with van der Waals surface area (Å²) in [5.41, 5.74) is 2.58. The topological polar surface area (TPSA) is 4.36 Å². The van der Waals surface area contributed by atoms with Crippen LogP contribution < -0.4 is 0 Å². The van der Waals surface area contributed by atoms with Gasteiger partial charge in [0.15, 0.2) is 0 Å². The van der Waals surface area contributed by atoms with Gasteiger partial charge in [-0.25, -0.2) is 6.57 Å². The van der Waals surface area contributed by atoms with Gasteiger partial charge in [-0.05, 0) is 18.1 Å². The molecule has 0 saturated carbocycles. The summed E-state index contributed by atoms with van der Waals surface area (Å²) in [6.07, 6.45) is 0.885. The second-order valence-corrected chi connectivity index (χ2v) is 2.56. The van der Waals surface area contributed by atoms with Crippen molar-refractivity contribution < 1.29 is 0 Å². The first-order valence-corrected chi connectivity index (χ1v) is 3.72. The van der Waals surface area contributed by atoms with E-state index in [-0.39, 0.29) is 0 Å². The quantitative estimate of drug-likeness (QED) is 0.563. The Morgan fingerprint density at radius 2 is 2.09 bits per heavy atom. The molecular formula is C10H11N. The van der Waals surface area contributed by atoms with Gasteiger partial charge < -0.3 is 4.85 Å². The van der Waals surface area contributed by atoms with Crippen LogP contribution in [-0.2, 0) is 6.42 Å². The summed E-state index contributed by atoms with van der Waals surface area (Å²) >= 11 is 0. The van der Waals surface area contributed by atoms with Crippen molar-refractivity contribution in [1.82, 2.24) is 0 Å². The minimum atomic E-state index is 0.602. The molecule has 0 spiro atoms. The summed E-state index contributed by atoms with van der Waals surface area (Å²) in [7, 11) is 0.